The zero-order valence-corrected chi connectivity index (χ0v) is 38.0. The van der Waals surface area contributed by atoms with Crippen LogP contribution in [-0.2, 0) is 26.5 Å². The Balaban J connectivity index is 0.000000230. The Morgan fingerprint density at radius 3 is 2.19 bits per heavy atom. The maximum Gasteiger partial charge on any atom is 0.120 e. The van der Waals surface area contributed by atoms with E-state index in [0.717, 1.165) is 44.4 Å². The van der Waals surface area contributed by atoms with Crippen molar-refractivity contribution in [3.63, 3.8) is 0 Å². The zero-order chi connectivity index (χ0) is 44.2. The van der Waals surface area contributed by atoms with Crippen molar-refractivity contribution in [1.29, 1.82) is 0 Å². The van der Waals surface area contributed by atoms with Crippen molar-refractivity contribution in [2.24, 2.45) is 5.41 Å². The monoisotopic (exact) mass is 951 g/mol. The van der Waals surface area contributed by atoms with E-state index in [1.807, 2.05) is 24.3 Å². The van der Waals surface area contributed by atoms with Gasteiger partial charge in [0.15, 0.2) is 0 Å². The summed E-state index contributed by atoms with van der Waals surface area (Å²) in [6.07, 6.45) is -0.550. The molecule has 8 aromatic rings. The largest absolute Gasteiger partial charge is 0.501 e. The maximum absolute atomic E-state index is 8.48. The molecular formula is C51H55IrN3OSi-2. The quantitative estimate of drug-likeness (QED) is 0.118. The van der Waals surface area contributed by atoms with Gasteiger partial charge in [-0.05, 0) is 71.1 Å². The fraction of sp³-hybridized carbons (Fsp3) is 0.294. The average Bonchev–Trinajstić information content (AvgIpc) is 3.78. The van der Waals surface area contributed by atoms with Gasteiger partial charge < -0.3 is 14.0 Å². The first-order valence-electron chi connectivity index (χ1n) is 22.1. The third-order valence-electron chi connectivity index (χ3n) is 10.0. The second kappa shape index (κ2) is 16.7. The Kier molecular flexibility index (Phi) is 10.4. The summed E-state index contributed by atoms with van der Waals surface area (Å²) in [7, 11) is -1.47. The molecule has 0 aliphatic carbocycles. The number of aromatic nitrogens is 3. The molecule has 5 aromatic carbocycles. The van der Waals surface area contributed by atoms with Gasteiger partial charge in [0.25, 0.3) is 0 Å². The van der Waals surface area contributed by atoms with Gasteiger partial charge in [-0.3, -0.25) is 4.98 Å². The third kappa shape index (κ3) is 8.79. The summed E-state index contributed by atoms with van der Waals surface area (Å²) in [5.41, 5.74) is 9.19. The summed E-state index contributed by atoms with van der Waals surface area (Å²) in [5.74, 6) is 1.60. The summed E-state index contributed by atoms with van der Waals surface area (Å²) in [5, 5.41) is 3.65. The van der Waals surface area contributed by atoms with E-state index in [1.165, 1.54) is 28.2 Å². The predicted molar refractivity (Wildman–Crippen MR) is 240 cm³/mol. The van der Waals surface area contributed by atoms with Crippen LogP contribution in [0, 0.1) is 24.4 Å². The van der Waals surface area contributed by atoms with Crippen LogP contribution in [0.25, 0.3) is 61.3 Å². The summed E-state index contributed by atoms with van der Waals surface area (Å²) in [4.78, 5) is 9.43. The predicted octanol–water partition coefficient (Wildman–Crippen LogP) is 13.6. The fourth-order valence-electron chi connectivity index (χ4n) is 7.23. The third-order valence-corrected chi connectivity index (χ3v) is 12.1. The molecule has 0 saturated heterocycles. The van der Waals surface area contributed by atoms with Crippen molar-refractivity contribution in [3.8, 4) is 28.3 Å². The van der Waals surface area contributed by atoms with Gasteiger partial charge in [0.05, 0.1) is 30.5 Å². The molecule has 3 heterocycles. The Morgan fingerprint density at radius 2 is 1.54 bits per heavy atom. The van der Waals surface area contributed by atoms with Gasteiger partial charge in [0.2, 0.25) is 0 Å². The number of pyridine rings is 1. The number of benzene rings is 5. The van der Waals surface area contributed by atoms with Crippen molar-refractivity contribution in [2.45, 2.75) is 93.2 Å². The Labute approximate surface area is 361 Å². The summed E-state index contributed by atoms with van der Waals surface area (Å²) < 4.78 is 49.0. The van der Waals surface area contributed by atoms with E-state index in [1.54, 1.807) is 32.9 Å². The SMILES string of the molecule is CC(C)c1cccc(C(C)C)c1-n1c(-c2[c-]ccc3c2oc2cc([Si](C)(C)C)ccc23)nc2ccccc21.[2H]C([2H])([2H])c1cnc(-c2[c-]cccc2)cc1C([2H])([2H])C(C)(C)C.[Ir]. The van der Waals surface area contributed by atoms with Crippen LogP contribution in [0.5, 0.6) is 0 Å². The second-order valence-electron chi connectivity index (χ2n) is 17.3. The second-order valence-corrected chi connectivity index (χ2v) is 22.4. The molecule has 0 amide bonds. The number of nitrogens with zero attached hydrogens (tertiary/aromatic N) is 3. The normalized spacial score (nSPS) is 13.8. The van der Waals surface area contributed by atoms with Crippen LogP contribution in [0.2, 0.25) is 19.6 Å². The molecule has 6 heteroatoms. The first-order chi connectivity index (χ1) is 28.6. The van der Waals surface area contributed by atoms with Crippen LogP contribution >= 0.6 is 0 Å². The first kappa shape index (κ1) is 35.5. The molecule has 1 radical (unpaired) electrons. The molecule has 0 unspecified atom stereocenters. The molecule has 0 aliphatic heterocycles. The summed E-state index contributed by atoms with van der Waals surface area (Å²) in [6.45, 7) is 19.0. The maximum atomic E-state index is 8.48. The number of furan rings is 1. The van der Waals surface area contributed by atoms with Crippen molar-refractivity contribution in [1.82, 2.24) is 14.5 Å². The van der Waals surface area contributed by atoms with E-state index in [9.17, 15) is 0 Å². The van der Waals surface area contributed by atoms with Crippen LogP contribution in [0.1, 0.15) is 89.4 Å². The molecule has 0 N–H and O–H groups in total. The number of hydrogen-bond donors (Lipinski definition) is 0. The van der Waals surface area contributed by atoms with E-state index >= 15 is 0 Å². The molecule has 3 aromatic heterocycles. The van der Waals surface area contributed by atoms with Gasteiger partial charge in [-0.1, -0.05) is 138 Å². The van der Waals surface area contributed by atoms with Crippen molar-refractivity contribution >= 4 is 46.2 Å². The molecule has 4 nitrogen and oxygen atoms in total. The minimum absolute atomic E-state index is 0. The van der Waals surface area contributed by atoms with Gasteiger partial charge >= 0.3 is 0 Å². The molecule has 0 fully saturated rings. The van der Waals surface area contributed by atoms with Crippen LogP contribution < -0.4 is 5.19 Å². The van der Waals surface area contributed by atoms with Gasteiger partial charge in [-0.2, -0.15) is 0 Å². The number of imidazole rings is 1. The first-order valence-corrected chi connectivity index (χ1v) is 23.1. The van der Waals surface area contributed by atoms with Gasteiger partial charge in [0.1, 0.15) is 5.58 Å². The van der Waals surface area contributed by atoms with E-state index in [0.29, 0.717) is 23.1 Å². The van der Waals surface area contributed by atoms with E-state index < -0.39 is 26.7 Å². The topological polar surface area (TPSA) is 43.9 Å². The van der Waals surface area contributed by atoms with Gasteiger partial charge in [-0.25, -0.2) is 0 Å². The zero-order valence-electron chi connectivity index (χ0n) is 39.6. The van der Waals surface area contributed by atoms with Crippen molar-refractivity contribution in [2.75, 3.05) is 0 Å². The smallest absolute Gasteiger partial charge is 0.120 e. The fourth-order valence-corrected chi connectivity index (χ4v) is 8.37. The Hall–Kier alpha value is -4.61. The van der Waals surface area contributed by atoms with Crippen LogP contribution in [0.15, 0.2) is 114 Å². The number of hydrogen-bond acceptors (Lipinski definition) is 3. The standard InChI is InChI=1S/C34H35N2OSi.C17H20N.Ir/c1-21(2)24-12-10-13-25(22(3)4)32(24)36-30-17-9-8-16-29(30)35-34(36)28-15-11-14-27-26-19-18-23(38(5,6)7)20-31(26)37-33(27)28;1-13-12-18-16(14-8-6-5-7-9-14)10-15(13)11-17(2,3)4;/h8-14,16-22H,1-7H3;5-8,10,12H,11H2,1-4H3;/q2*-1;/i;1D3,11D2;. The van der Waals surface area contributed by atoms with E-state index in [2.05, 4.69) is 136 Å². The van der Waals surface area contributed by atoms with Gasteiger partial charge in [-0.15, -0.1) is 54.1 Å². The molecule has 295 valence electrons. The minimum atomic E-state index is -2.42. The number of rotatable bonds is 7. The molecule has 8 rings (SSSR count). The summed E-state index contributed by atoms with van der Waals surface area (Å²) >= 11 is 0. The van der Waals surface area contributed by atoms with Crippen LogP contribution in [0.3, 0.4) is 0 Å². The number of fused-ring (bicyclic) bond motifs is 4. The molecule has 0 atom stereocenters. The van der Waals surface area contributed by atoms with Gasteiger partial charge in [0, 0.05) is 44.2 Å². The summed E-state index contributed by atoms with van der Waals surface area (Å²) in [6, 6.07) is 41.4. The van der Waals surface area contributed by atoms with Crippen LogP contribution in [-0.4, -0.2) is 22.6 Å². The molecular weight excluding hydrogens is 891 g/mol. The number of para-hydroxylation sites is 3. The molecule has 0 saturated carbocycles. The molecule has 0 spiro atoms. The molecule has 57 heavy (non-hydrogen) atoms. The molecule has 0 aliphatic rings. The van der Waals surface area contributed by atoms with E-state index in [4.69, 9.17) is 16.3 Å². The van der Waals surface area contributed by atoms with E-state index in [-0.39, 0.29) is 31.2 Å². The van der Waals surface area contributed by atoms with Crippen molar-refractivity contribution in [3.05, 3.63) is 144 Å². The minimum Gasteiger partial charge on any atom is -0.501 e. The van der Waals surface area contributed by atoms with Crippen LogP contribution in [0.4, 0.5) is 0 Å². The average molecular weight is 951 g/mol. The molecule has 0 bridgehead atoms. The van der Waals surface area contributed by atoms with Crippen molar-refractivity contribution < 1.29 is 31.4 Å². The number of aryl methyl sites for hydroxylation is 1. The Morgan fingerprint density at radius 1 is 0.825 bits per heavy atom. The Bertz CT molecular complexity index is 2840.